The molecular weight excluding hydrogens is 512 g/mol. The highest BCUT2D eigenvalue weighted by Gasteiger charge is 2.36. The molecule has 0 bridgehead atoms. The van der Waals surface area contributed by atoms with E-state index in [0.29, 0.717) is 34.9 Å². The van der Waals surface area contributed by atoms with Crippen LogP contribution >= 0.6 is 11.8 Å². The quantitative estimate of drug-likeness (QED) is 0.246. The molecule has 2 aromatic heterocycles. The van der Waals surface area contributed by atoms with E-state index < -0.39 is 5.91 Å². The van der Waals surface area contributed by atoms with Crippen LogP contribution < -0.4 is 9.47 Å². The number of aromatic nitrogens is 2. The molecule has 0 aliphatic carbocycles. The van der Waals surface area contributed by atoms with E-state index in [9.17, 15) is 4.79 Å². The van der Waals surface area contributed by atoms with Gasteiger partial charge in [-0.15, -0.1) is 0 Å². The molecule has 10 heteroatoms. The maximum absolute atomic E-state index is 13.0. The first kappa shape index (κ1) is 24.6. The van der Waals surface area contributed by atoms with Crippen LogP contribution in [-0.2, 0) is 11.3 Å². The molecule has 0 atom stereocenters. The third-order valence-corrected chi connectivity index (χ3v) is 7.31. The minimum absolute atomic E-state index is 0.00145. The highest BCUT2D eigenvalue weighted by molar-refractivity contribution is 8.27. The Bertz CT molecular complexity index is 1670. The van der Waals surface area contributed by atoms with Crippen molar-refractivity contribution in [3.05, 3.63) is 96.0 Å². The number of hydrazone groups is 1. The van der Waals surface area contributed by atoms with Gasteiger partial charge >= 0.3 is 0 Å². The molecule has 2 aliphatic rings. The highest BCUT2D eigenvalue weighted by Crippen LogP contribution is 2.32. The first-order chi connectivity index (χ1) is 19.1. The van der Waals surface area contributed by atoms with Crippen LogP contribution in [0.15, 0.2) is 94.9 Å². The lowest BCUT2D eigenvalue weighted by molar-refractivity contribution is -0.114. The van der Waals surface area contributed by atoms with Crippen LogP contribution in [0, 0.1) is 5.41 Å². The van der Waals surface area contributed by atoms with E-state index in [1.54, 1.807) is 25.6 Å². The van der Waals surface area contributed by atoms with E-state index in [1.807, 2.05) is 66.9 Å². The van der Waals surface area contributed by atoms with Gasteiger partial charge in [0.25, 0.3) is 5.91 Å². The fraction of sp³-hybridized carbons (Fsp3) is 0.138. The molecule has 2 aromatic carbocycles. The summed E-state index contributed by atoms with van der Waals surface area (Å²) in [5.41, 5.74) is 2.88. The minimum atomic E-state index is -0.455. The molecule has 0 fully saturated rings. The highest BCUT2D eigenvalue weighted by atomic mass is 32.2. The number of ether oxygens (including phenoxy) is 2. The Hall–Kier alpha value is -4.70. The molecular formula is C29H24N6O3S. The maximum Gasteiger partial charge on any atom is 0.283 e. The average Bonchev–Trinajstić information content (AvgIpc) is 3.56. The summed E-state index contributed by atoms with van der Waals surface area (Å²) in [6, 6.07) is 19.3. The number of para-hydroxylation sites is 3. The molecule has 1 amide bonds. The summed E-state index contributed by atoms with van der Waals surface area (Å²) in [4.78, 5) is 21.4. The number of aryl methyl sites for hydroxylation is 1. The van der Waals surface area contributed by atoms with Gasteiger partial charge < -0.3 is 14.0 Å². The molecule has 4 heterocycles. The number of amides is 1. The molecule has 2 aliphatic heterocycles. The number of hydrogen-bond acceptors (Lipinski definition) is 7. The Morgan fingerprint density at radius 1 is 1.05 bits per heavy atom. The lowest BCUT2D eigenvalue weighted by atomic mass is 10.1. The van der Waals surface area contributed by atoms with E-state index in [0.717, 1.165) is 28.5 Å². The molecule has 6 rings (SSSR count). The number of nitrogens with zero attached hydrogens (tertiary/aromatic N) is 5. The standard InChI is InChI=1S/C29H24N6O3S/c1-37-24-11-4-5-12-25(24)38-15-7-14-34-18-20(21-9-2-3-10-23(21)34)16-22-26(30)35-29(32-27(22)36)39-28(33-35)19-8-6-13-31-17-19/h2-6,8-13,16-18,30H,7,14-15H2,1H3/b22-16-,30-26?. The number of benzene rings is 2. The number of amidine groups is 2. The third-order valence-electron chi connectivity index (χ3n) is 6.35. The van der Waals surface area contributed by atoms with E-state index >= 15 is 0 Å². The van der Waals surface area contributed by atoms with E-state index in [-0.39, 0.29) is 11.4 Å². The van der Waals surface area contributed by atoms with Crippen molar-refractivity contribution in [1.82, 2.24) is 14.6 Å². The van der Waals surface area contributed by atoms with Crippen molar-refractivity contribution in [2.75, 3.05) is 13.7 Å². The second kappa shape index (κ2) is 10.6. The van der Waals surface area contributed by atoms with Gasteiger partial charge in [-0.25, -0.2) is 0 Å². The van der Waals surface area contributed by atoms with Crippen molar-refractivity contribution >= 4 is 50.7 Å². The normalized spacial score (nSPS) is 15.9. The summed E-state index contributed by atoms with van der Waals surface area (Å²) in [5.74, 6) is 0.963. The molecule has 0 radical (unpaired) electrons. The number of nitrogens with one attached hydrogen (secondary N) is 1. The molecule has 39 heavy (non-hydrogen) atoms. The second-order valence-corrected chi connectivity index (χ2v) is 9.77. The summed E-state index contributed by atoms with van der Waals surface area (Å²) in [6.07, 6.45) is 7.89. The smallest absolute Gasteiger partial charge is 0.283 e. The van der Waals surface area contributed by atoms with Crippen molar-refractivity contribution in [1.29, 1.82) is 5.41 Å². The van der Waals surface area contributed by atoms with E-state index in [4.69, 9.17) is 14.9 Å². The van der Waals surface area contributed by atoms with Gasteiger partial charge in [-0.05, 0) is 54.6 Å². The topological polar surface area (TPSA) is 105 Å². The summed E-state index contributed by atoms with van der Waals surface area (Å²) >= 11 is 1.26. The molecule has 0 saturated carbocycles. The fourth-order valence-corrected chi connectivity index (χ4v) is 5.36. The van der Waals surface area contributed by atoms with Gasteiger partial charge in [-0.1, -0.05) is 30.3 Å². The van der Waals surface area contributed by atoms with Crippen LogP contribution in [0.2, 0.25) is 0 Å². The number of rotatable bonds is 8. The van der Waals surface area contributed by atoms with Crippen LogP contribution in [0.5, 0.6) is 11.5 Å². The molecule has 0 spiro atoms. The summed E-state index contributed by atoms with van der Waals surface area (Å²) in [7, 11) is 1.63. The SMILES string of the molecule is COc1ccccc1OCCCn1cc(/C=C2/C(=N)N3N=C(c4cccnc4)SC3=NC2=O)c2ccccc21. The van der Waals surface area contributed by atoms with Crippen LogP contribution in [0.4, 0.5) is 0 Å². The maximum atomic E-state index is 13.0. The van der Waals surface area contributed by atoms with Gasteiger partial charge in [0.05, 0.1) is 19.3 Å². The summed E-state index contributed by atoms with van der Waals surface area (Å²) in [6.45, 7) is 1.24. The lowest BCUT2D eigenvalue weighted by Crippen LogP contribution is -2.35. The first-order valence-electron chi connectivity index (χ1n) is 12.4. The van der Waals surface area contributed by atoms with Gasteiger partial charge in [0.1, 0.15) is 5.04 Å². The number of carbonyl (C=O) groups is 1. The Labute approximate surface area is 229 Å². The lowest BCUT2D eigenvalue weighted by Gasteiger charge is -2.20. The number of hydrogen-bond donors (Lipinski definition) is 1. The number of carbonyl (C=O) groups excluding carboxylic acids is 1. The number of methoxy groups -OCH3 is 1. The number of pyridine rings is 1. The summed E-state index contributed by atoms with van der Waals surface area (Å²) < 4.78 is 13.4. The number of fused-ring (bicyclic) bond motifs is 2. The molecule has 194 valence electrons. The van der Waals surface area contributed by atoms with Crippen molar-refractivity contribution in [3.63, 3.8) is 0 Å². The predicted octanol–water partition coefficient (Wildman–Crippen LogP) is 5.18. The van der Waals surface area contributed by atoms with Crippen LogP contribution in [-0.4, -0.2) is 50.2 Å². The van der Waals surface area contributed by atoms with Crippen molar-refractivity contribution in [2.45, 2.75) is 13.0 Å². The van der Waals surface area contributed by atoms with Gasteiger partial charge in [0, 0.05) is 47.2 Å². The van der Waals surface area contributed by atoms with E-state index in [1.165, 1.54) is 16.8 Å². The summed E-state index contributed by atoms with van der Waals surface area (Å²) in [5, 5.41) is 16.7. The zero-order valence-corrected chi connectivity index (χ0v) is 21.9. The van der Waals surface area contributed by atoms with Crippen LogP contribution in [0.25, 0.3) is 17.0 Å². The van der Waals surface area contributed by atoms with E-state index in [2.05, 4.69) is 19.6 Å². The largest absolute Gasteiger partial charge is 0.493 e. The first-order valence-corrected chi connectivity index (χ1v) is 13.2. The van der Waals surface area contributed by atoms with Gasteiger partial charge in [-0.3, -0.25) is 15.2 Å². The Balaban J connectivity index is 1.23. The van der Waals surface area contributed by atoms with Crippen molar-refractivity contribution in [2.24, 2.45) is 10.1 Å². The Morgan fingerprint density at radius 3 is 2.69 bits per heavy atom. The van der Waals surface area contributed by atoms with Gasteiger partial charge in [-0.2, -0.15) is 15.1 Å². The number of aliphatic imine (C=N–C) groups is 1. The van der Waals surface area contributed by atoms with Crippen LogP contribution in [0.3, 0.4) is 0 Å². The fourth-order valence-electron chi connectivity index (χ4n) is 4.48. The zero-order valence-electron chi connectivity index (χ0n) is 21.1. The van der Waals surface area contributed by atoms with Gasteiger partial charge in [0.2, 0.25) is 5.17 Å². The molecule has 4 aromatic rings. The molecule has 0 unspecified atom stereocenters. The molecule has 1 N–H and O–H groups in total. The Morgan fingerprint density at radius 2 is 1.87 bits per heavy atom. The van der Waals surface area contributed by atoms with Gasteiger partial charge in [0.15, 0.2) is 17.3 Å². The van der Waals surface area contributed by atoms with Crippen LogP contribution in [0.1, 0.15) is 17.5 Å². The predicted molar refractivity (Wildman–Crippen MR) is 153 cm³/mol. The minimum Gasteiger partial charge on any atom is -0.493 e. The van der Waals surface area contributed by atoms with Crippen molar-refractivity contribution < 1.29 is 14.3 Å². The zero-order chi connectivity index (χ0) is 26.8. The van der Waals surface area contributed by atoms with Crippen molar-refractivity contribution in [3.8, 4) is 11.5 Å². The molecule has 9 nitrogen and oxygen atoms in total. The average molecular weight is 537 g/mol. The second-order valence-electron chi connectivity index (χ2n) is 8.81. The third kappa shape index (κ3) is 4.82. The number of thioether (sulfide) groups is 1. The molecule has 0 saturated heterocycles. The monoisotopic (exact) mass is 536 g/mol. The Kier molecular flexibility index (Phi) is 6.68.